The second-order valence-corrected chi connectivity index (χ2v) is 3.28. The average molecular weight is 224 g/mol. The van der Waals surface area contributed by atoms with Gasteiger partial charge in [0.05, 0.1) is 12.2 Å². The van der Waals surface area contributed by atoms with Crippen LogP contribution in [0, 0.1) is 11.6 Å². The highest BCUT2D eigenvalue weighted by Crippen LogP contribution is 2.15. The van der Waals surface area contributed by atoms with Crippen LogP contribution in [0.2, 0.25) is 0 Å². The van der Waals surface area contributed by atoms with E-state index < -0.39 is 11.6 Å². The van der Waals surface area contributed by atoms with Gasteiger partial charge >= 0.3 is 0 Å². The summed E-state index contributed by atoms with van der Waals surface area (Å²) in [6, 6.07) is 3.25. The summed E-state index contributed by atoms with van der Waals surface area (Å²) in [4.78, 5) is 3.96. The normalized spacial score (nSPS) is 10.4. The van der Waals surface area contributed by atoms with Crippen molar-refractivity contribution in [1.82, 2.24) is 14.8 Å². The molecule has 2 rings (SSSR count). The molecular formula is C10H10F2N4. The van der Waals surface area contributed by atoms with E-state index in [1.54, 1.807) is 11.7 Å². The van der Waals surface area contributed by atoms with Crippen molar-refractivity contribution < 1.29 is 8.78 Å². The third-order valence-corrected chi connectivity index (χ3v) is 2.17. The van der Waals surface area contributed by atoms with Gasteiger partial charge < -0.3 is 5.32 Å². The fourth-order valence-corrected chi connectivity index (χ4v) is 1.29. The van der Waals surface area contributed by atoms with Gasteiger partial charge in [-0.15, -0.1) is 0 Å². The third kappa shape index (κ3) is 2.16. The van der Waals surface area contributed by atoms with Crippen LogP contribution in [0.15, 0.2) is 24.5 Å². The number of aryl methyl sites for hydroxylation is 1. The lowest BCUT2D eigenvalue weighted by atomic mass is 10.3. The molecule has 1 aromatic carbocycles. The molecule has 0 aliphatic rings. The monoisotopic (exact) mass is 224 g/mol. The van der Waals surface area contributed by atoms with Crippen LogP contribution in [-0.2, 0) is 13.6 Å². The minimum atomic E-state index is -0.497. The second kappa shape index (κ2) is 4.26. The van der Waals surface area contributed by atoms with Crippen LogP contribution in [0.4, 0.5) is 14.5 Å². The molecule has 1 N–H and O–H groups in total. The van der Waals surface area contributed by atoms with Gasteiger partial charge in [0.2, 0.25) is 0 Å². The van der Waals surface area contributed by atoms with Crippen molar-refractivity contribution in [2.45, 2.75) is 6.54 Å². The van der Waals surface area contributed by atoms with Crippen LogP contribution in [0.25, 0.3) is 0 Å². The Hall–Kier alpha value is -1.98. The number of halogens is 2. The predicted molar refractivity (Wildman–Crippen MR) is 54.7 cm³/mol. The summed E-state index contributed by atoms with van der Waals surface area (Å²) in [7, 11) is 1.73. The second-order valence-electron chi connectivity index (χ2n) is 3.28. The maximum atomic E-state index is 13.2. The van der Waals surface area contributed by atoms with E-state index in [0.717, 1.165) is 18.2 Å². The summed E-state index contributed by atoms with van der Waals surface area (Å²) in [5.74, 6) is -0.339. The van der Waals surface area contributed by atoms with Crippen molar-refractivity contribution >= 4 is 5.69 Å². The molecule has 84 valence electrons. The molecule has 1 heterocycles. The molecule has 0 saturated carbocycles. The largest absolute Gasteiger partial charge is 0.375 e. The zero-order valence-corrected chi connectivity index (χ0v) is 8.61. The molecule has 1 aromatic heterocycles. The van der Waals surface area contributed by atoms with Gasteiger partial charge in [0.25, 0.3) is 0 Å². The van der Waals surface area contributed by atoms with Crippen molar-refractivity contribution in [2.75, 3.05) is 5.32 Å². The topological polar surface area (TPSA) is 42.7 Å². The van der Waals surface area contributed by atoms with Gasteiger partial charge in [0.1, 0.15) is 23.8 Å². The van der Waals surface area contributed by atoms with Crippen molar-refractivity contribution in [1.29, 1.82) is 0 Å². The van der Waals surface area contributed by atoms with Gasteiger partial charge in [0.15, 0.2) is 0 Å². The van der Waals surface area contributed by atoms with Crippen LogP contribution < -0.4 is 5.32 Å². The molecule has 2 aromatic rings. The van der Waals surface area contributed by atoms with Gasteiger partial charge in [-0.25, -0.2) is 13.8 Å². The predicted octanol–water partition coefficient (Wildman–Crippen LogP) is 1.71. The van der Waals surface area contributed by atoms with Crippen molar-refractivity contribution in [3.05, 3.63) is 42.0 Å². The molecule has 0 fully saturated rings. The zero-order valence-electron chi connectivity index (χ0n) is 8.61. The van der Waals surface area contributed by atoms with Crippen LogP contribution >= 0.6 is 0 Å². The Balaban J connectivity index is 2.10. The first kappa shape index (κ1) is 10.5. The Bertz CT molecular complexity index is 495. The van der Waals surface area contributed by atoms with Crippen molar-refractivity contribution in [2.24, 2.45) is 7.05 Å². The number of nitrogens with one attached hydrogen (secondary N) is 1. The first-order valence-corrected chi connectivity index (χ1v) is 4.68. The lowest BCUT2D eigenvalue weighted by molar-refractivity contribution is 0.601. The van der Waals surface area contributed by atoms with E-state index >= 15 is 0 Å². The first-order valence-electron chi connectivity index (χ1n) is 4.68. The maximum absolute atomic E-state index is 13.2. The number of anilines is 1. The van der Waals surface area contributed by atoms with Crippen LogP contribution in [-0.4, -0.2) is 14.8 Å². The number of nitrogens with zero attached hydrogens (tertiary/aromatic N) is 3. The van der Waals surface area contributed by atoms with Gasteiger partial charge in [-0.3, -0.25) is 4.68 Å². The first-order chi connectivity index (χ1) is 7.66. The standard InChI is InChI=1S/C10H10F2N4/c1-16-10(14-6-15-16)5-13-9-4-7(11)2-3-8(9)12/h2-4,6,13H,5H2,1H3. The van der Waals surface area contributed by atoms with Gasteiger partial charge in [-0.2, -0.15) is 5.10 Å². The number of hydrogen-bond acceptors (Lipinski definition) is 3. The molecule has 0 unspecified atom stereocenters. The van der Waals surface area contributed by atoms with Crippen molar-refractivity contribution in [3.63, 3.8) is 0 Å². The molecule has 4 nitrogen and oxygen atoms in total. The maximum Gasteiger partial charge on any atom is 0.146 e. The lowest BCUT2D eigenvalue weighted by Crippen LogP contribution is -2.07. The number of benzene rings is 1. The van der Waals surface area contributed by atoms with Gasteiger partial charge in [0, 0.05) is 7.05 Å². The zero-order chi connectivity index (χ0) is 11.5. The van der Waals surface area contributed by atoms with E-state index in [-0.39, 0.29) is 12.2 Å². The Morgan fingerprint density at radius 3 is 2.88 bits per heavy atom. The Morgan fingerprint density at radius 1 is 1.38 bits per heavy atom. The molecule has 0 amide bonds. The van der Waals surface area contributed by atoms with Crippen LogP contribution in [0.3, 0.4) is 0 Å². The summed E-state index contributed by atoms with van der Waals surface area (Å²) >= 11 is 0. The highest BCUT2D eigenvalue weighted by Gasteiger charge is 2.05. The quantitative estimate of drug-likeness (QED) is 0.863. The minimum absolute atomic E-state index is 0.114. The minimum Gasteiger partial charge on any atom is -0.375 e. The summed E-state index contributed by atoms with van der Waals surface area (Å²) in [5.41, 5.74) is 0.114. The molecule has 0 spiro atoms. The Kier molecular flexibility index (Phi) is 2.80. The SMILES string of the molecule is Cn1ncnc1CNc1cc(F)ccc1F. The smallest absolute Gasteiger partial charge is 0.146 e. The molecule has 0 bridgehead atoms. The van der Waals surface area contributed by atoms with Gasteiger partial charge in [-0.05, 0) is 18.2 Å². The lowest BCUT2D eigenvalue weighted by Gasteiger charge is -2.06. The highest BCUT2D eigenvalue weighted by atomic mass is 19.1. The highest BCUT2D eigenvalue weighted by molar-refractivity contribution is 5.44. The van der Waals surface area contributed by atoms with E-state index in [4.69, 9.17) is 0 Å². The van der Waals surface area contributed by atoms with Gasteiger partial charge in [-0.1, -0.05) is 0 Å². The fraction of sp³-hybridized carbons (Fsp3) is 0.200. The summed E-state index contributed by atoms with van der Waals surface area (Å²) < 4.78 is 27.6. The third-order valence-electron chi connectivity index (χ3n) is 2.17. The number of aromatic nitrogens is 3. The van der Waals surface area contributed by atoms with E-state index in [9.17, 15) is 8.78 Å². The summed E-state index contributed by atoms with van der Waals surface area (Å²) in [6.07, 6.45) is 1.40. The molecular weight excluding hydrogens is 214 g/mol. The average Bonchev–Trinajstić information content (AvgIpc) is 2.66. The number of rotatable bonds is 3. The van der Waals surface area contributed by atoms with Crippen molar-refractivity contribution in [3.8, 4) is 0 Å². The molecule has 6 heteroatoms. The van der Waals surface area contributed by atoms with Crippen LogP contribution in [0.5, 0.6) is 0 Å². The molecule has 0 aliphatic carbocycles. The molecule has 0 saturated heterocycles. The summed E-state index contributed by atoms with van der Waals surface area (Å²) in [6.45, 7) is 0.289. The fourth-order valence-electron chi connectivity index (χ4n) is 1.29. The van der Waals surface area contributed by atoms with E-state index in [1.165, 1.54) is 6.33 Å². The van der Waals surface area contributed by atoms with E-state index in [0.29, 0.717) is 5.82 Å². The van der Waals surface area contributed by atoms with E-state index in [1.807, 2.05) is 0 Å². The Labute approximate surface area is 90.9 Å². The van der Waals surface area contributed by atoms with Crippen LogP contribution in [0.1, 0.15) is 5.82 Å². The van der Waals surface area contributed by atoms with E-state index in [2.05, 4.69) is 15.4 Å². The summed E-state index contributed by atoms with van der Waals surface area (Å²) in [5, 5.41) is 6.63. The Morgan fingerprint density at radius 2 is 2.19 bits per heavy atom. The number of hydrogen-bond donors (Lipinski definition) is 1. The molecule has 0 aliphatic heterocycles. The molecule has 0 radical (unpaired) electrons. The molecule has 0 atom stereocenters. The molecule has 16 heavy (non-hydrogen) atoms.